The number of H-pyrrole nitrogens is 1. The number of amides is 1. The second-order valence-electron chi connectivity index (χ2n) is 5.89. The Kier molecular flexibility index (Phi) is 4.98. The highest BCUT2D eigenvalue weighted by atomic mass is 35.5. The molecule has 2 aromatic rings. The highest BCUT2D eigenvalue weighted by molar-refractivity contribution is 6.30. The van der Waals surface area contributed by atoms with Gasteiger partial charge in [0.2, 0.25) is 5.91 Å². The van der Waals surface area contributed by atoms with Gasteiger partial charge in [-0.15, -0.1) is 0 Å². The first-order valence-corrected chi connectivity index (χ1v) is 8.14. The van der Waals surface area contributed by atoms with Crippen molar-refractivity contribution in [2.75, 3.05) is 19.8 Å². The molecule has 2 heterocycles. The van der Waals surface area contributed by atoms with Crippen molar-refractivity contribution >= 4 is 17.5 Å². The van der Waals surface area contributed by atoms with Gasteiger partial charge in [-0.1, -0.05) is 23.7 Å². The summed E-state index contributed by atoms with van der Waals surface area (Å²) in [6, 6.07) is 7.90. The normalized spacial score (nSPS) is 16.9. The zero-order valence-corrected chi connectivity index (χ0v) is 13.6. The van der Waals surface area contributed by atoms with Crippen LogP contribution in [0.3, 0.4) is 0 Å². The van der Waals surface area contributed by atoms with E-state index < -0.39 is 0 Å². The standard InChI is InChI=1S/C17H20ClN3O2/c18-14-3-1-13(2-4-14)17(5-9-23-10-6-17)12-21-16(22)11-15-19-7-8-20-15/h1-4,7-8H,5-6,9-12H2,(H,19,20)(H,21,22). The number of ether oxygens (including phenoxy) is 1. The number of hydrogen-bond acceptors (Lipinski definition) is 3. The number of carbonyl (C=O) groups is 1. The molecule has 0 aliphatic carbocycles. The lowest BCUT2D eigenvalue weighted by Crippen LogP contribution is -2.45. The molecule has 6 heteroatoms. The summed E-state index contributed by atoms with van der Waals surface area (Å²) in [6.45, 7) is 2.00. The predicted molar refractivity (Wildman–Crippen MR) is 88.5 cm³/mol. The van der Waals surface area contributed by atoms with Gasteiger partial charge in [-0.05, 0) is 30.5 Å². The van der Waals surface area contributed by atoms with Crippen LogP contribution in [0.1, 0.15) is 24.2 Å². The quantitative estimate of drug-likeness (QED) is 0.883. The van der Waals surface area contributed by atoms with Gasteiger partial charge in [0.1, 0.15) is 5.82 Å². The van der Waals surface area contributed by atoms with E-state index in [-0.39, 0.29) is 17.7 Å². The van der Waals surface area contributed by atoms with E-state index in [0.717, 1.165) is 17.9 Å². The van der Waals surface area contributed by atoms with Crippen LogP contribution in [0.5, 0.6) is 0 Å². The summed E-state index contributed by atoms with van der Waals surface area (Å²) in [6.07, 6.45) is 5.40. The number of benzene rings is 1. The van der Waals surface area contributed by atoms with Crippen molar-refractivity contribution in [3.63, 3.8) is 0 Å². The zero-order valence-electron chi connectivity index (χ0n) is 12.8. The van der Waals surface area contributed by atoms with Crippen molar-refractivity contribution in [2.45, 2.75) is 24.7 Å². The molecule has 122 valence electrons. The lowest BCUT2D eigenvalue weighted by Gasteiger charge is -2.38. The second kappa shape index (κ2) is 7.15. The van der Waals surface area contributed by atoms with E-state index in [4.69, 9.17) is 16.3 Å². The van der Waals surface area contributed by atoms with E-state index >= 15 is 0 Å². The maximum absolute atomic E-state index is 12.2. The summed E-state index contributed by atoms with van der Waals surface area (Å²) >= 11 is 6.00. The van der Waals surface area contributed by atoms with Gasteiger partial charge in [0.25, 0.3) is 0 Å². The third-order valence-corrected chi connectivity index (χ3v) is 4.67. The smallest absolute Gasteiger partial charge is 0.227 e. The molecule has 1 aliphatic heterocycles. The molecule has 0 atom stereocenters. The van der Waals surface area contributed by atoms with Crippen molar-refractivity contribution in [2.24, 2.45) is 0 Å². The fourth-order valence-corrected chi connectivity index (χ4v) is 3.14. The number of aromatic amines is 1. The lowest BCUT2D eigenvalue weighted by molar-refractivity contribution is -0.121. The molecule has 0 saturated carbocycles. The Morgan fingerprint density at radius 3 is 2.70 bits per heavy atom. The summed E-state index contributed by atoms with van der Waals surface area (Å²) in [5.74, 6) is 0.648. The molecular weight excluding hydrogens is 314 g/mol. The van der Waals surface area contributed by atoms with Crippen LogP contribution in [0, 0.1) is 0 Å². The van der Waals surface area contributed by atoms with E-state index in [0.29, 0.717) is 25.6 Å². The van der Waals surface area contributed by atoms with Crippen molar-refractivity contribution < 1.29 is 9.53 Å². The Morgan fingerprint density at radius 2 is 2.04 bits per heavy atom. The summed E-state index contributed by atoms with van der Waals surface area (Å²) in [5, 5.41) is 3.78. The molecule has 0 spiro atoms. The molecule has 5 nitrogen and oxygen atoms in total. The number of hydrogen-bond donors (Lipinski definition) is 2. The van der Waals surface area contributed by atoms with Gasteiger partial charge in [-0.2, -0.15) is 0 Å². The highest BCUT2D eigenvalue weighted by Gasteiger charge is 2.34. The molecule has 0 radical (unpaired) electrons. The highest BCUT2D eigenvalue weighted by Crippen LogP contribution is 2.34. The van der Waals surface area contributed by atoms with Crippen molar-refractivity contribution in [3.05, 3.63) is 53.1 Å². The van der Waals surface area contributed by atoms with E-state index in [2.05, 4.69) is 15.3 Å². The summed E-state index contributed by atoms with van der Waals surface area (Å²) in [5.41, 5.74) is 1.10. The number of imidazole rings is 1. The topological polar surface area (TPSA) is 67.0 Å². The number of rotatable bonds is 5. The van der Waals surface area contributed by atoms with Crippen LogP contribution in [0.2, 0.25) is 5.02 Å². The van der Waals surface area contributed by atoms with Crippen LogP contribution < -0.4 is 5.32 Å². The minimum Gasteiger partial charge on any atom is -0.381 e. The average Bonchev–Trinajstić information content (AvgIpc) is 3.07. The van der Waals surface area contributed by atoms with Gasteiger partial charge in [0, 0.05) is 42.6 Å². The van der Waals surface area contributed by atoms with Gasteiger partial charge < -0.3 is 15.0 Å². The van der Waals surface area contributed by atoms with Crippen LogP contribution in [-0.2, 0) is 21.4 Å². The van der Waals surface area contributed by atoms with Gasteiger partial charge >= 0.3 is 0 Å². The molecule has 1 amide bonds. The summed E-state index contributed by atoms with van der Waals surface area (Å²) < 4.78 is 5.51. The first-order valence-electron chi connectivity index (χ1n) is 7.77. The third kappa shape index (κ3) is 3.92. The average molecular weight is 334 g/mol. The first-order chi connectivity index (χ1) is 11.2. The Balaban J connectivity index is 1.69. The summed E-state index contributed by atoms with van der Waals surface area (Å²) in [4.78, 5) is 19.2. The fourth-order valence-electron chi connectivity index (χ4n) is 3.01. The van der Waals surface area contributed by atoms with Crippen molar-refractivity contribution in [3.8, 4) is 0 Å². The SMILES string of the molecule is O=C(Cc1ncc[nH]1)NCC1(c2ccc(Cl)cc2)CCOCC1. The van der Waals surface area contributed by atoms with E-state index in [1.54, 1.807) is 12.4 Å². The second-order valence-corrected chi connectivity index (χ2v) is 6.33. The minimum absolute atomic E-state index is 0.0280. The van der Waals surface area contributed by atoms with Crippen LogP contribution in [-0.4, -0.2) is 35.6 Å². The van der Waals surface area contributed by atoms with E-state index in [1.165, 1.54) is 5.56 Å². The van der Waals surface area contributed by atoms with Gasteiger partial charge in [-0.25, -0.2) is 4.98 Å². The lowest BCUT2D eigenvalue weighted by atomic mass is 9.74. The number of carbonyl (C=O) groups excluding carboxylic acids is 1. The largest absolute Gasteiger partial charge is 0.381 e. The number of nitrogens with one attached hydrogen (secondary N) is 2. The van der Waals surface area contributed by atoms with Gasteiger partial charge in [-0.3, -0.25) is 4.79 Å². The number of halogens is 1. The van der Waals surface area contributed by atoms with Crippen LogP contribution >= 0.6 is 11.6 Å². The first kappa shape index (κ1) is 16.0. The molecule has 0 bridgehead atoms. The van der Waals surface area contributed by atoms with Crippen LogP contribution in [0.15, 0.2) is 36.7 Å². The maximum Gasteiger partial charge on any atom is 0.227 e. The van der Waals surface area contributed by atoms with E-state index in [9.17, 15) is 4.79 Å². The Morgan fingerprint density at radius 1 is 1.30 bits per heavy atom. The Labute approximate surface area is 140 Å². The van der Waals surface area contributed by atoms with Crippen LogP contribution in [0.25, 0.3) is 0 Å². The van der Waals surface area contributed by atoms with Crippen LogP contribution in [0.4, 0.5) is 0 Å². The van der Waals surface area contributed by atoms with Crippen molar-refractivity contribution in [1.82, 2.24) is 15.3 Å². The predicted octanol–water partition coefficient (Wildman–Crippen LogP) is 2.47. The van der Waals surface area contributed by atoms with Gasteiger partial charge in [0.05, 0.1) is 6.42 Å². The minimum atomic E-state index is -0.0956. The van der Waals surface area contributed by atoms with Gasteiger partial charge in [0.15, 0.2) is 0 Å². The Bertz CT molecular complexity index is 634. The molecule has 1 aromatic carbocycles. The fraction of sp³-hybridized carbons (Fsp3) is 0.412. The maximum atomic E-state index is 12.2. The molecule has 3 rings (SSSR count). The zero-order chi connectivity index (χ0) is 16.1. The summed E-state index contributed by atoms with van der Waals surface area (Å²) in [7, 11) is 0. The molecule has 1 saturated heterocycles. The third-order valence-electron chi connectivity index (χ3n) is 4.41. The monoisotopic (exact) mass is 333 g/mol. The molecular formula is C17H20ClN3O2. The molecule has 1 fully saturated rings. The number of nitrogens with zero attached hydrogens (tertiary/aromatic N) is 1. The molecule has 2 N–H and O–H groups in total. The molecule has 1 aromatic heterocycles. The van der Waals surface area contributed by atoms with Crippen molar-refractivity contribution in [1.29, 1.82) is 0 Å². The molecule has 23 heavy (non-hydrogen) atoms. The molecule has 1 aliphatic rings. The Hall–Kier alpha value is -1.85. The molecule has 0 unspecified atom stereocenters. The van der Waals surface area contributed by atoms with E-state index in [1.807, 2.05) is 24.3 Å². The number of aromatic nitrogens is 2.